The largest absolute Gasteiger partial charge is 1.00 e. The fourth-order valence-electron chi connectivity index (χ4n) is 5.43. The fourth-order valence-corrected chi connectivity index (χ4v) is 7.59. The molecule has 2 aliphatic heterocycles. The summed E-state index contributed by atoms with van der Waals surface area (Å²) >= 11 is 2.51. The zero-order valence-corrected chi connectivity index (χ0v) is 23.0. The molecule has 5 fully saturated rings. The van der Waals surface area contributed by atoms with Crippen LogP contribution in [0.3, 0.4) is 0 Å². The molecule has 2 bridgehead atoms. The number of fused-ring (bicyclic) bond motifs is 4. The average molecular weight is 516 g/mol. The van der Waals surface area contributed by atoms with Crippen LogP contribution in [0.1, 0.15) is 58.1 Å². The Kier molecular flexibility index (Phi) is 7.02. The minimum Gasteiger partial charge on any atom is -0.548 e. The number of nitrogens with zero attached hydrogens (tertiary/aromatic N) is 3. The second-order valence-corrected chi connectivity index (χ2v) is 12.5. The first-order valence-corrected chi connectivity index (χ1v) is 12.9. The molecule has 0 aromatic carbocycles. The third-order valence-corrected chi connectivity index (χ3v) is 9.53. The van der Waals surface area contributed by atoms with Gasteiger partial charge in [0.05, 0.1) is 12.0 Å². The second-order valence-electron chi connectivity index (χ2n) is 9.80. The normalized spacial score (nSPS) is 33.5. The Hall–Kier alpha value is -1.34. The molecule has 10 nitrogen and oxygen atoms in total. The van der Waals surface area contributed by atoms with Gasteiger partial charge < -0.3 is 30.7 Å². The van der Waals surface area contributed by atoms with Gasteiger partial charge in [0.25, 0.3) is 5.91 Å². The van der Waals surface area contributed by atoms with Gasteiger partial charge in [0.1, 0.15) is 22.7 Å². The number of aliphatic carboxylic acids is 1. The number of anilines is 1. The van der Waals surface area contributed by atoms with Crippen LogP contribution in [-0.2, 0) is 19.2 Å². The summed E-state index contributed by atoms with van der Waals surface area (Å²) in [6, 6.07) is -1.92. The Bertz CT molecular complexity index is 1020. The Labute approximate surface area is 227 Å². The van der Waals surface area contributed by atoms with E-state index in [9.17, 15) is 19.5 Å². The summed E-state index contributed by atoms with van der Waals surface area (Å²) in [5.41, 5.74) is 5.66. The topological polar surface area (TPSA) is 150 Å². The number of rotatable bonds is 6. The molecule has 5 aliphatic rings. The first kappa shape index (κ1) is 25.7. The number of oxime groups is 1. The number of carboxylic acids is 1. The number of carbonyl (C=O) groups excluding carboxylic acids is 3. The van der Waals surface area contributed by atoms with E-state index >= 15 is 0 Å². The minimum atomic E-state index is -1.30. The van der Waals surface area contributed by atoms with Crippen LogP contribution >= 0.6 is 23.1 Å². The van der Waals surface area contributed by atoms with Gasteiger partial charge in [-0.05, 0) is 58.3 Å². The van der Waals surface area contributed by atoms with Crippen LogP contribution in [0.4, 0.5) is 5.13 Å². The Balaban J connectivity index is 0.00000274. The Morgan fingerprint density at radius 2 is 1.94 bits per heavy atom. The predicted molar refractivity (Wildman–Crippen MR) is 121 cm³/mol. The molecule has 34 heavy (non-hydrogen) atoms. The van der Waals surface area contributed by atoms with Gasteiger partial charge >= 0.3 is 29.6 Å². The number of hydrogen-bond donors (Lipinski definition) is 2. The van der Waals surface area contributed by atoms with Crippen molar-refractivity contribution in [2.45, 2.75) is 80.2 Å². The SMILES string of the molecule is CC1(C)S[C@@H]2[C@@H](NC(=O)/C(=N\OC34CCC(CC3)CC4)c3csc(N)n3)C(=O)N2[C@H]1C(=O)[O-].[Na+]. The maximum Gasteiger partial charge on any atom is 1.00 e. The van der Waals surface area contributed by atoms with E-state index in [1.54, 1.807) is 19.2 Å². The first-order valence-electron chi connectivity index (χ1n) is 11.1. The zero-order chi connectivity index (χ0) is 23.5. The van der Waals surface area contributed by atoms with Gasteiger partial charge in [-0.3, -0.25) is 9.59 Å². The molecular weight excluding hydrogens is 489 g/mol. The van der Waals surface area contributed by atoms with Gasteiger partial charge in [-0.1, -0.05) is 5.16 Å². The van der Waals surface area contributed by atoms with Crippen molar-refractivity contribution >= 4 is 51.7 Å². The van der Waals surface area contributed by atoms with Gasteiger partial charge in [-0.2, -0.15) is 0 Å². The molecule has 0 radical (unpaired) electrons. The number of nitrogens with one attached hydrogen (secondary N) is 1. The molecule has 2 amide bonds. The van der Waals surface area contributed by atoms with Crippen molar-refractivity contribution in [2.75, 3.05) is 5.73 Å². The average Bonchev–Trinajstić information content (AvgIpc) is 3.31. The number of thioether (sulfide) groups is 1. The number of nitrogens with two attached hydrogens (primary N) is 1. The van der Waals surface area contributed by atoms with Gasteiger partial charge in [-0.15, -0.1) is 23.1 Å². The molecule has 3 saturated carbocycles. The van der Waals surface area contributed by atoms with Crippen molar-refractivity contribution in [1.82, 2.24) is 15.2 Å². The summed E-state index contributed by atoms with van der Waals surface area (Å²) in [6.07, 6.45) is 6.02. The van der Waals surface area contributed by atoms with Crippen molar-refractivity contribution < 1.29 is 53.9 Å². The number of β-lactam (4-membered cyclic amide) rings is 1. The van der Waals surface area contributed by atoms with E-state index < -0.39 is 40.0 Å². The number of thiazole rings is 1. The van der Waals surface area contributed by atoms with Crippen LogP contribution in [0.2, 0.25) is 0 Å². The molecule has 6 rings (SSSR count). The summed E-state index contributed by atoms with van der Waals surface area (Å²) in [5, 5.41) is 20.0. The Morgan fingerprint density at radius 3 is 2.50 bits per heavy atom. The molecule has 3 aliphatic carbocycles. The van der Waals surface area contributed by atoms with Crippen molar-refractivity contribution in [3.05, 3.63) is 11.1 Å². The number of nitrogen functional groups attached to an aromatic ring is 1. The van der Waals surface area contributed by atoms with Crippen LogP contribution in [-0.4, -0.2) is 61.2 Å². The molecule has 3 N–H and O–H groups in total. The van der Waals surface area contributed by atoms with E-state index in [2.05, 4.69) is 15.5 Å². The van der Waals surface area contributed by atoms with Crippen LogP contribution in [0.5, 0.6) is 0 Å². The summed E-state index contributed by atoms with van der Waals surface area (Å²) in [6.45, 7) is 3.50. The summed E-state index contributed by atoms with van der Waals surface area (Å²) in [7, 11) is 0. The molecule has 1 aromatic rings. The molecule has 0 unspecified atom stereocenters. The minimum absolute atomic E-state index is 0. The van der Waals surface area contributed by atoms with Crippen molar-refractivity contribution in [2.24, 2.45) is 11.1 Å². The van der Waals surface area contributed by atoms with Crippen LogP contribution in [0, 0.1) is 5.92 Å². The standard InChI is InChI=1S/C21H27N5O5S2.Na/c1-20(2)14(18(29)30)26-16(28)13(17(26)33-20)24-15(27)12(11-9-32-19(22)23-11)25-31-21-6-3-10(4-7-21)5-8-21;/h9-10,13-14,17H,3-8H2,1-2H3,(H2,22,23)(H,24,27)(H,29,30);/q;+1/p-1/b25-12-;/t10?,13-,14-,17+,21?;/m0./s1. The fraction of sp³-hybridized carbons (Fsp3) is 0.667. The van der Waals surface area contributed by atoms with Gasteiger partial charge in [0.2, 0.25) is 5.91 Å². The molecule has 178 valence electrons. The number of carbonyl (C=O) groups is 3. The molecule has 13 heteroatoms. The maximum absolute atomic E-state index is 13.2. The van der Waals surface area contributed by atoms with E-state index in [-0.39, 0.29) is 51.7 Å². The van der Waals surface area contributed by atoms with Crippen LogP contribution < -0.4 is 45.7 Å². The number of carboxylic acid groups (broad SMARTS) is 1. The first-order chi connectivity index (χ1) is 15.6. The summed E-state index contributed by atoms with van der Waals surface area (Å²) in [4.78, 5) is 49.1. The zero-order valence-electron chi connectivity index (χ0n) is 19.4. The molecular formula is C21H26N5NaO5S2. The van der Waals surface area contributed by atoms with E-state index in [4.69, 9.17) is 10.6 Å². The van der Waals surface area contributed by atoms with Crippen LogP contribution in [0.15, 0.2) is 10.5 Å². The molecule has 1 aromatic heterocycles. The van der Waals surface area contributed by atoms with Crippen molar-refractivity contribution in [3.63, 3.8) is 0 Å². The van der Waals surface area contributed by atoms with Crippen molar-refractivity contribution in [3.8, 4) is 0 Å². The van der Waals surface area contributed by atoms with Crippen molar-refractivity contribution in [1.29, 1.82) is 0 Å². The van der Waals surface area contributed by atoms with Gasteiger partial charge in [0.15, 0.2) is 10.8 Å². The Morgan fingerprint density at radius 1 is 1.29 bits per heavy atom. The van der Waals surface area contributed by atoms with Crippen LogP contribution in [0.25, 0.3) is 0 Å². The third-order valence-electron chi connectivity index (χ3n) is 7.29. The number of aromatic nitrogens is 1. The molecule has 0 spiro atoms. The quantitative estimate of drug-likeness (QED) is 0.182. The van der Waals surface area contributed by atoms with Gasteiger partial charge in [-0.25, -0.2) is 4.98 Å². The predicted octanol–water partition coefficient (Wildman–Crippen LogP) is -2.53. The third kappa shape index (κ3) is 4.36. The monoisotopic (exact) mass is 515 g/mol. The van der Waals surface area contributed by atoms with Gasteiger partial charge in [0, 0.05) is 10.1 Å². The number of amides is 2. The molecule has 2 saturated heterocycles. The smallest absolute Gasteiger partial charge is 0.548 e. The number of hydrogen-bond acceptors (Lipinski definition) is 10. The summed E-state index contributed by atoms with van der Waals surface area (Å²) in [5.74, 6) is -1.60. The van der Waals surface area contributed by atoms with E-state index in [0.717, 1.165) is 44.4 Å². The second kappa shape index (κ2) is 9.27. The molecule has 3 atom stereocenters. The van der Waals surface area contributed by atoms with E-state index in [1.165, 1.54) is 28.0 Å². The van der Waals surface area contributed by atoms with E-state index in [1.807, 2.05) is 0 Å². The van der Waals surface area contributed by atoms with E-state index in [0.29, 0.717) is 0 Å². The maximum atomic E-state index is 13.2. The molecule has 3 heterocycles. The summed E-state index contributed by atoms with van der Waals surface area (Å²) < 4.78 is -0.735.